The summed E-state index contributed by atoms with van der Waals surface area (Å²) in [5.74, 6) is -0.212. The fourth-order valence-electron chi connectivity index (χ4n) is 2.28. The van der Waals surface area contributed by atoms with Crippen molar-refractivity contribution in [2.45, 2.75) is 25.5 Å². The third-order valence-corrected chi connectivity index (χ3v) is 3.23. The van der Waals surface area contributed by atoms with Crippen molar-refractivity contribution >= 4 is 5.91 Å². The van der Waals surface area contributed by atoms with E-state index >= 15 is 0 Å². The highest BCUT2D eigenvalue weighted by Gasteiger charge is 2.31. The molecule has 0 spiro atoms. The third kappa shape index (κ3) is 2.89. The summed E-state index contributed by atoms with van der Waals surface area (Å²) in [5, 5.41) is 13.4. The van der Waals surface area contributed by atoms with E-state index in [1.165, 1.54) is 0 Å². The molecule has 98 valence electrons. The Kier molecular flexibility index (Phi) is 3.68. The van der Waals surface area contributed by atoms with Gasteiger partial charge in [0, 0.05) is 25.2 Å². The summed E-state index contributed by atoms with van der Waals surface area (Å²) in [5.41, 5.74) is 0.559. The van der Waals surface area contributed by atoms with Crippen molar-refractivity contribution in [2.24, 2.45) is 0 Å². The minimum Gasteiger partial charge on any atom is -0.378 e. The number of amides is 1. The van der Waals surface area contributed by atoms with Gasteiger partial charge in [0.2, 0.25) is 0 Å². The van der Waals surface area contributed by atoms with Gasteiger partial charge in [-0.2, -0.15) is 0 Å². The zero-order valence-corrected chi connectivity index (χ0v) is 10.9. The lowest BCUT2D eigenvalue weighted by atomic mass is 10.0. The van der Waals surface area contributed by atoms with E-state index in [0.717, 1.165) is 6.54 Å². The first-order valence-corrected chi connectivity index (χ1v) is 6.26. The molecule has 2 rings (SSSR count). The van der Waals surface area contributed by atoms with Crippen molar-refractivity contribution < 1.29 is 9.90 Å². The molecule has 1 aliphatic heterocycles. The molecule has 0 radical (unpaired) electrons. The highest BCUT2D eigenvalue weighted by Crippen LogP contribution is 2.18. The van der Waals surface area contributed by atoms with Crippen LogP contribution in [0.1, 0.15) is 25.5 Å². The predicted molar refractivity (Wildman–Crippen MR) is 70.1 cm³/mol. The van der Waals surface area contributed by atoms with Crippen LogP contribution in [0.3, 0.4) is 0 Å². The van der Waals surface area contributed by atoms with E-state index in [4.69, 9.17) is 0 Å². The van der Waals surface area contributed by atoms with Crippen LogP contribution in [0.5, 0.6) is 0 Å². The Labute approximate surface area is 108 Å². The van der Waals surface area contributed by atoms with Crippen LogP contribution in [0.15, 0.2) is 30.3 Å². The number of nitrogens with one attached hydrogen (secondary N) is 1. The molecule has 1 saturated heterocycles. The first-order valence-electron chi connectivity index (χ1n) is 6.26. The smallest absolute Gasteiger partial charge is 0.256 e. The molecule has 1 aromatic carbocycles. The van der Waals surface area contributed by atoms with Gasteiger partial charge < -0.3 is 15.3 Å². The zero-order chi connectivity index (χ0) is 13.2. The lowest BCUT2D eigenvalue weighted by Crippen LogP contribution is -2.59. The largest absolute Gasteiger partial charge is 0.378 e. The number of carbonyl (C=O) groups is 1. The van der Waals surface area contributed by atoms with Gasteiger partial charge in [-0.05, 0) is 19.4 Å². The van der Waals surface area contributed by atoms with Gasteiger partial charge >= 0.3 is 0 Å². The summed E-state index contributed by atoms with van der Waals surface area (Å²) >= 11 is 0. The number of benzene rings is 1. The summed E-state index contributed by atoms with van der Waals surface area (Å²) in [6.07, 6.45) is -1.06. The van der Waals surface area contributed by atoms with E-state index < -0.39 is 6.10 Å². The Hall–Kier alpha value is -1.39. The summed E-state index contributed by atoms with van der Waals surface area (Å²) in [6.45, 7) is 6.14. The SMILES string of the molecule is CC1(C)CN(C(=O)[C@H](O)c2ccccc2)CCN1. The Balaban J connectivity index is 2.07. The number of aliphatic hydroxyl groups excluding tert-OH is 1. The first kappa shape index (κ1) is 13.1. The number of hydrogen-bond acceptors (Lipinski definition) is 3. The summed E-state index contributed by atoms with van der Waals surface area (Å²) < 4.78 is 0. The van der Waals surface area contributed by atoms with Gasteiger partial charge in [-0.15, -0.1) is 0 Å². The second-order valence-corrected chi connectivity index (χ2v) is 5.38. The number of piperazine rings is 1. The molecule has 1 aromatic rings. The van der Waals surface area contributed by atoms with E-state index in [9.17, 15) is 9.90 Å². The van der Waals surface area contributed by atoms with Crippen molar-refractivity contribution in [1.82, 2.24) is 10.2 Å². The molecule has 0 bridgehead atoms. The molecule has 0 aliphatic carbocycles. The van der Waals surface area contributed by atoms with Crippen molar-refractivity contribution in [1.29, 1.82) is 0 Å². The van der Waals surface area contributed by atoms with Gasteiger partial charge in [0.15, 0.2) is 6.10 Å². The minimum atomic E-state index is -1.06. The average Bonchev–Trinajstić information content (AvgIpc) is 2.37. The zero-order valence-electron chi connectivity index (χ0n) is 10.9. The van der Waals surface area contributed by atoms with E-state index in [0.29, 0.717) is 18.7 Å². The maximum absolute atomic E-state index is 12.2. The van der Waals surface area contributed by atoms with Gasteiger partial charge in [0.05, 0.1) is 0 Å². The molecule has 4 heteroatoms. The number of nitrogens with zero attached hydrogens (tertiary/aromatic N) is 1. The topological polar surface area (TPSA) is 52.6 Å². The molecular weight excluding hydrogens is 228 g/mol. The highest BCUT2D eigenvalue weighted by molar-refractivity contribution is 5.82. The molecule has 0 unspecified atom stereocenters. The second kappa shape index (κ2) is 5.08. The average molecular weight is 248 g/mol. The van der Waals surface area contributed by atoms with Gasteiger partial charge in [0.25, 0.3) is 5.91 Å². The molecule has 4 nitrogen and oxygen atoms in total. The Morgan fingerprint density at radius 3 is 2.67 bits per heavy atom. The first-order chi connectivity index (χ1) is 8.49. The molecule has 2 N–H and O–H groups in total. The van der Waals surface area contributed by atoms with Gasteiger partial charge in [0.1, 0.15) is 0 Å². The van der Waals surface area contributed by atoms with Crippen LogP contribution in [-0.2, 0) is 4.79 Å². The third-order valence-electron chi connectivity index (χ3n) is 3.23. The quantitative estimate of drug-likeness (QED) is 0.818. The number of aliphatic hydroxyl groups is 1. The number of carbonyl (C=O) groups excluding carboxylic acids is 1. The molecule has 1 heterocycles. The van der Waals surface area contributed by atoms with Gasteiger partial charge in [-0.25, -0.2) is 0 Å². The van der Waals surface area contributed by atoms with Crippen molar-refractivity contribution in [3.63, 3.8) is 0 Å². The molecule has 1 aliphatic rings. The normalized spacial score (nSPS) is 20.5. The Morgan fingerprint density at radius 1 is 1.39 bits per heavy atom. The van der Waals surface area contributed by atoms with Crippen molar-refractivity contribution in [3.8, 4) is 0 Å². The molecule has 0 aromatic heterocycles. The summed E-state index contributed by atoms with van der Waals surface area (Å²) in [4.78, 5) is 14.0. The predicted octanol–water partition coefficient (Wildman–Crippen LogP) is 0.930. The molecule has 1 amide bonds. The summed E-state index contributed by atoms with van der Waals surface area (Å²) in [7, 11) is 0. The monoisotopic (exact) mass is 248 g/mol. The van der Waals surface area contributed by atoms with Crippen molar-refractivity contribution in [2.75, 3.05) is 19.6 Å². The lowest BCUT2D eigenvalue weighted by Gasteiger charge is -2.39. The number of hydrogen-bond donors (Lipinski definition) is 2. The Bertz CT molecular complexity index is 417. The van der Waals surface area contributed by atoms with Crippen LogP contribution in [0.25, 0.3) is 0 Å². The van der Waals surface area contributed by atoms with Crippen LogP contribution in [0.4, 0.5) is 0 Å². The second-order valence-electron chi connectivity index (χ2n) is 5.38. The van der Waals surface area contributed by atoms with Crippen LogP contribution in [0.2, 0.25) is 0 Å². The molecule has 0 saturated carbocycles. The standard InChI is InChI=1S/C14H20N2O2/c1-14(2)10-16(9-8-15-14)13(18)12(17)11-6-4-3-5-7-11/h3-7,12,15,17H,8-10H2,1-2H3/t12-/m1/s1. The molecular formula is C14H20N2O2. The molecule has 18 heavy (non-hydrogen) atoms. The summed E-state index contributed by atoms with van der Waals surface area (Å²) in [6, 6.07) is 9.07. The van der Waals surface area contributed by atoms with Crippen LogP contribution >= 0.6 is 0 Å². The van der Waals surface area contributed by atoms with E-state index in [2.05, 4.69) is 19.2 Å². The van der Waals surface area contributed by atoms with Crippen molar-refractivity contribution in [3.05, 3.63) is 35.9 Å². The maximum Gasteiger partial charge on any atom is 0.256 e. The van der Waals surface area contributed by atoms with Crippen LogP contribution in [-0.4, -0.2) is 41.1 Å². The van der Waals surface area contributed by atoms with Gasteiger partial charge in [-0.3, -0.25) is 4.79 Å². The number of rotatable bonds is 2. The van der Waals surface area contributed by atoms with Crippen LogP contribution in [0, 0.1) is 0 Å². The fraction of sp³-hybridized carbons (Fsp3) is 0.500. The highest BCUT2D eigenvalue weighted by atomic mass is 16.3. The van der Waals surface area contributed by atoms with E-state index in [-0.39, 0.29) is 11.4 Å². The molecule has 1 atom stereocenters. The lowest BCUT2D eigenvalue weighted by molar-refractivity contribution is -0.142. The van der Waals surface area contributed by atoms with E-state index in [1.54, 1.807) is 17.0 Å². The van der Waals surface area contributed by atoms with Crippen LogP contribution < -0.4 is 5.32 Å². The fourth-order valence-corrected chi connectivity index (χ4v) is 2.28. The van der Waals surface area contributed by atoms with E-state index in [1.807, 2.05) is 18.2 Å². The Morgan fingerprint density at radius 2 is 2.06 bits per heavy atom. The van der Waals surface area contributed by atoms with Gasteiger partial charge in [-0.1, -0.05) is 30.3 Å². The minimum absolute atomic E-state index is 0.0929. The molecule has 1 fully saturated rings. The maximum atomic E-state index is 12.2.